The van der Waals surface area contributed by atoms with Crippen LogP contribution in [-0.4, -0.2) is 57.3 Å². The second kappa shape index (κ2) is 11.5. The van der Waals surface area contributed by atoms with Crippen molar-refractivity contribution in [2.24, 2.45) is 0 Å². The lowest BCUT2D eigenvalue weighted by Crippen LogP contribution is -2.42. The summed E-state index contributed by atoms with van der Waals surface area (Å²) in [6, 6.07) is 10.9. The van der Waals surface area contributed by atoms with Gasteiger partial charge in [-0.25, -0.2) is 0 Å². The summed E-state index contributed by atoms with van der Waals surface area (Å²) < 4.78 is 16.5. The third-order valence-corrected chi connectivity index (χ3v) is 6.03. The molecule has 0 aliphatic carbocycles. The minimum Gasteiger partial charge on any atom is -0.493 e. The van der Waals surface area contributed by atoms with Gasteiger partial charge in [0.25, 0.3) is 0 Å². The number of hydrogen-bond donors (Lipinski definition) is 1. The Bertz CT molecular complexity index is 886. The van der Waals surface area contributed by atoms with E-state index in [-0.39, 0.29) is 12.0 Å². The van der Waals surface area contributed by atoms with E-state index in [2.05, 4.69) is 10.2 Å². The number of rotatable bonds is 9. The number of carbonyl (C=O) groups excluding carboxylic acids is 1. The number of amides is 1. The molecule has 2 aromatic rings. The van der Waals surface area contributed by atoms with Crippen molar-refractivity contribution in [3.8, 4) is 17.2 Å². The first-order valence-electron chi connectivity index (χ1n) is 10.3. The zero-order valence-corrected chi connectivity index (χ0v) is 19.3. The third kappa shape index (κ3) is 6.92. The maximum Gasteiger partial charge on any atom is 0.224 e. The highest BCUT2D eigenvalue weighted by atomic mass is 35.5. The average Bonchev–Trinajstić information content (AvgIpc) is 2.77. The van der Waals surface area contributed by atoms with Crippen molar-refractivity contribution >= 4 is 29.1 Å². The highest BCUT2D eigenvalue weighted by Crippen LogP contribution is 2.29. The van der Waals surface area contributed by atoms with Crippen LogP contribution >= 0.6 is 23.2 Å². The van der Waals surface area contributed by atoms with Gasteiger partial charge in [0.1, 0.15) is 11.9 Å². The molecule has 31 heavy (non-hydrogen) atoms. The summed E-state index contributed by atoms with van der Waals surface area (Å²) >= 11 is 12.0. The number of halogens is 2. The van der Waals surface area contributed by atoms with E-state index in [9.17, 15) is 4.79 Å². The summed E-state index contributed by atoms with van der Waals surface area (Å²) in [5.74, 6) is 2.01. The van der Waals surface area contributed by atoms with Crippen LogP contribution in [-0.2, 0) is 11.2 Å². The molecule has 1 aliphatic rings. The van der Waals surface area contributed by atoms with E-state index >= 15 is 0 Å². The molecule has 0 atom stereocenters. The minimum atomic E-state index is -0.00921. The Morgan fingerprint density at radius 2 is 1.77 bits per heavy atom. The predicted octanol–water partition coefficient (Wildman–Crippen LogP) is 4.21. The number of benzene rings is 2. The summed E-state index contributed by atoms with van der Waals surface area (Å²) in [4.78, 5) is 14.6. The van der Waals surface area contributed by atoms with Gasteiger partial charge in [0.15, 0.2) is 11.5 Å². The van der Waals surface area contributed by atoms with E-state index in [1.807, 2.05) is 24.3 Å². The van der Waals surface area contributed by atoms with Crippen molar-refractivity contribution in [1.82, 2.24) is 10.2 Å². The van der Waals surface area contributed by atoms with Crippen LogP contribution in [0.4, 0.5) is 0 Å². The predicted molar refractivity (Wildman–Crippen MR) is 123 cm³/mol. The molecule has 8 heteroatoms. The first-order chi connectivity index (χ1) is 15.0. The molecule has 6 nitrogen and oxygen atoms in total. The van der Waals surface area contributed by atoms with E-state index in [1.54, 1.807) is 26.4 Å². The topological polar surface area (TPSA) is 60.0 Å². The third-order valence-electron chi connectivity index (χ3n) is 5.29. The molecular formula is C23H28Cl2N2O4. The molecule has 1 heterocycles. The largest absolute Gasteiger partial charge is 0.493 e. The molecule has 0 bridgehead atoms. The smallest absolute Gasteiger partial charge is 0.224 e. The van der Waals surface area contributed by atoms with Crippen LogP contribution in [0.1, 0.15) is 18.4 Å². The molecule has 2 aromatic carbocycles. The SMILES string of the molecule is COc1ccc(CC(=O)NCCN2CCC(Oc3ccc(Cl)c(Cl)c3)CC2)cc1OC. The number of ether oxygens (including phenoxy) is 3. The Kier molecular flexibility index (Phi) is 8.69. The normalized spacial score (nSPS) is 14.8. The Hall–Kier alpha value is -2.15. The Morgan fingerprint density at radius 1 is 1.03 bits per heavy atom. The molecule has 1 N–H and O–H groups in total. The first-order valence-corrected chi connectivity index (χ1v) is 11.1. The maximum atomic E-state index is 12.3. The van der Waals surface area contributed by atoms with Crippen molar-refractivity contribution in [1.29, 1.82) is 0 Å². The van der Waals surface area contributed by atoms with Gasteiger partial charge in [-0.05, 0) is 42.7 Å². The standard InChI is InChI=1S/C23H28Cl2N2O4/c1-29-21-6-3-16(13-22(21)30-2)14-23(28)26-9-12-27-10-7-17(8-11-27)31-18-4-5-19(24)20(25)15-18/h3-6,13,15,17H,7-12,14H2,1-2H3,(H,26,28). The van der Waals surface area contributed by atoms with Gasteiger partial charge in [-0.1, -0.05) is 29.3 Å². The average molecular weight is 467 g/mol. The Labute approximate surface area is 193 Å². The van der Waals surface area contributed by atoms with Crippen molar-refractivity contribution in [2.45, 2.75) is 25.4 Å². The van der Waals surface area contributed by atoms with E-state index in [0.717, 1.165) is 43.8 Å². The van der Waals surface area contributed by atoms with Gasteiger partial charge < -0.3 is 24.4 Å². The number of carbonyl (C=O) groups is 1. The van der Waals surface area contributed by atoms with E-state index in [1.165, 1.54) is 0 Å². The van der Waals surface area contributed by atoms with Crippen molar-refractivity contribution in [2.75, 3.05) is 40.4 Å². The van der Waals surface area contributed by atoms with Crippen molar-refractivity contribution in [3.63, 3.8) is 0 Å². The van der Waals surface area contributed by atoms with Gasteiger partial charge in [-0.3, -0.25) is 4.79 Å². The number of likely N-dealkylation sites (tertiary alicyclic amines) is 1. The molecule has 1 saturated heterocycles. The van der Waals surface area contributed by atoms with Gasteiger partial charge >= 0.3 is 0 Å². The fourth-order valence-corrected chi connectivity index (χ4v) is 3.87. The maximum absolute atomic E-state index is 12.3. The number of nitrogens with one attached hydrogen (secondary N) is 1. The molecule has 1 amide bonds. The van der Waals surface area contributed by atoms with Gasteiger partial charge in [-0.2, -0.15) is 0 Å². The monoisotopic (exact) mass is 466 g/mol. The summed E-state index contributed by atoms with van der Waals surface area (Å²) in [7, 11) is 3.17. The minimum absolute atomic E-state index is 0.00921. The molecule has 0 radical (unpaired) electrons. The molecular weight excluding hydrogens is 439 g/mol. The number of nitrogens with zero attached hydrogens (tertiary/aromatic N) is 1. The van der Waals surface area contributed by atoms with Gasteiger partial charge in [0.05, 0.1) is 30.7 Å². The van der Waals surface area contributed by atoms with Crippen LogP contribution < -0.4 is 19.5 Å². The summed E-state index contributed by atoms with van der Waals surface area (Å²) in [5.41, 5.74) is 0.885. The zero-order chi connectivity index (χ0) is 22.2. The number of piperidine rings is 1. The molecule has 1 aliphatic heterocycles. The quantitative estimate of drug-likeness (QED) is 0.599. The van der Waals surface area contributed by atoms with Gasteiger partial charge in [-0.15, -0.1) is 0 Å². The van der Waals surface area contributed by atoms with Crippen LogP contribution in [0, 0.1) is 0 Å². The molecule has 0 saturated carbocycles. The molecule has 0 unspecified atom stereocenters. The molecule has 1 fully saturated rings. The van der Waals surface area contributed by atoms with E-state index in [0.29, 0.717) is 34.5 Å². The molecule has 0 aromatic heterocycles. The van der Waals surface area contributed by atoms with Crippen molar-refractivity contribution < 1.29 is 19.0 Å². The fraction of sp³-hybridized carbons (Fsp3) is 0.435. The van der Waals surface area contributed by atoms with Crippen LogP contribution in [0.25, 0.3) is 0 Å². The summed E-state index contributed by atoms with van der Waals surface area (Å²) in [5, 5.41) is 4.02. The van der Waals surface area contributed by atoms with Gasteiger partial charge in [0, 0.05) is 32.2 Å². The zero-order valence-electron chi connectivity index (χ0n) is 17.8. The lowest BCUT2D eigenvalue weighted by molar-refractivity contribution is -0.120. The highest BCUT2D eigenvalue weighted by molar-refractivity contribution is 6.42. The van der Waals surface area contributed by atoms with Crippen LogP contribution in [0.2, 0.25) is 10.0 Å². The number of hydrogen-bond acceptors (Lipinski definition) is 5. The molecule has 168 valence electrons. The first kappa shape index (κ1) is 23.5. The Balaban J connectivity index is 1.36. The second-order valence-corrected chi connectivity index (χ2v) is 8.27. The Morgan fingerprint density at radius 3 is 2.45 bits per heavy atom. The lowest BCUT2D eigenvalue weighted by Gasteiger charge is -2.32. The fourth-order valence-electron chi connectivity index (χ4n) is 3.59. The van der Waals surface area contributed by atoms with Crippen LogP contribution in [0.5, 0.6) is 17.2 Å². The second-order valence-electron chi connectivity index (χ2n) is 7.45. The van der Waals surface area contributed by atoms with Crippen LogP contribution in [0.3, 0.4) is 0 Å². The summed E-state index contributed by atoms with van der Waals surface area (Å²) in [6.07, 6.45) is 2.33. The van der Waals surface area contributed by atoms with Gasteiger partial charge in [0.2, 0.25) is 5.91 Å². The highest BCUT2D eigenvalue weighted by Gasteiger charge is 2.20. The lowest BCUT2D eigenvalue weighted by atomic mass is 10.1. The van der Waals surface area contributed by atoms with Crippen LogP contribution in [0.15, 0.2) is 36.4 Å². The molecule has 0 spiro atoms. The number of methoxy groups -OCH3 is 2. The van der Waals surface area contributed by atoms with E-state index < -0.39 is 0 Å². The van der Waals surface area contributed by atoms with E-state index in [4.69, 9.17) is 37.4 Å². The van der Waals surface area contributed by atoms with Crippen molar-refractivity contribution in [3.05, 3.63) is 52.0 Å². The summed E-state index contributed by atoms with van der Waals surface area (Å²) in [6.45, 7) is 3.29. The molecule has 3 rings (SSSR count).